The Bertz CT molecular complexity index is 1020. The fraction of sp³-hybridized carbons (Fsp3) is 0.423. The van der Waals surface area contributed by atoms with Gasteiger partial charge in [0.15, 0.2) is 5.69 Å². The molecule has 0 saturated heterocycles. The van der Waals surface area contributed by atoms with Crippen LogP contribution in [0.25, 0.3) is 6.08 Å². The van der Waals surface area contributed by atoms with E-state index in [0.717, 1.165) is 69.1 Å². The molecule has 1 aromatic heterocycles. The number of aldehydes is 1. The van der Waals surface area contributed by atoms with Crippen LogP contribution in [-0.2, 0) is 4.79 Å². The molecule has 170 valence electrons. The molecule has 1 heterocycles. The van der Waals surface area contributed by atoms with Crippen molar-refractivity contribution in [1.82, 2.24) is 15.5 Å². The fourth-order valence-corrected chi connectivity index (χ4v) is 4.43. The average Bonchev–Trinajstić information content (AvgIpc) is 2.86. The van der Waals surface area contributed by atoms with Crippen LogP contribution in [0, 0.1) is 17.2 Å². The van der Waals surface area contributed by atoms with E-state index in [1.807, 2.05) is 24.3 Å². The molecule has 2 aromatic rings. The number of amides is 1. The Labute approximate surface area is 193 Å². The van der Waals surface area contributed by atoms with Crippen molar-refractivity contribution in [2.45, 2.75) is 63.5 Å². The first-order chi connectivity index (χ1) is 16.1. The van der Waals surface area contributed by atoms with Crippen LogP contribution in [0.15, 0.2) is 42.0 Å². The summed E-state index contributed by atoms with van der Waals surface area (Å²) >= 11 is 0. The smallest absolute Gasteiger partial charge is 0.272 e. The number of nitriles is 1. The van der Waals surface area contributed by atoms with Crippen LogP contribution in [0.1, 0.15) is 73.1 Å². The van der Waals surface area contributed by atoms with E-state index >= 15 is 0 Å². The summed E-state index contributed by atoms with van der Waals surface area (Å²) in [5.74, 6) is 0.741. The molecule has 0 bridgehead atoms. The van der Waals surface area contributed by atoms with Crippen LogP contribution in [0.5, 0.6) is 5.75 Å². The molecule has 0 unspecified atom stereocenters. The molecule has 1 aromatic carbocycles. The Balaban J connectivity index is 1.23. The Kier molecular flexibility index (Phi) is 7.46. The van der Waals surface area contributed by atoms with E-state index in [9.17, 15) is 9.59 Å². The number of ether oxygens (including phenoxy) is 1. The molecule has 0 radical (unpaired) electrons. The number of carbonyl (C=O) groups excluding carboxylic acids is 2. The Morgan fingerprint density at radius 1 is 1.00 bits per heavy atom. The van der Waals surface area contributed by atoms with Gasteiger partial charge in [0, 0.05) is 12.0 Å². The van der Waals surface area contributed by atoms with Gasteiger partial charge in [0.1, 0.15) is 12.0 Å². The van der Waals surface area contributed by atoms with Crippen LogP contribution in [0.4, 0.5) is 0 Å². The zero-order valence-corrected chi connectivity index (χ0v) is 18.6. The van der Waals surface area contributed by atoms with Crippen molar-refractivity contribution in [3.63, 3.8) is 0 Å². The highest BCUT2D eigenvalue weighted by Gasteiger charge is 2.24. The van der Waals surface area contributed by atoms with Gasteiger partial charge in [-0.25, -0.2) is 0 Å². The summed E-state index contributed by atoms with van der Waals surface area (Å²) in [7, 11) is 0. The first-order valence-corrected chi connectivity index (χ1v) is 11.6. The third-order valence-corrected chi connectivity index (χ3v) is 6.43. The molecule has 2 saturated carbocycles. The molecule has 1 N–H and O–H groups in total. The van der Waals surface area contributed by atoms with Crippen molar-refractivity contribution in [3.05, 3.63) is 58.9 Å². The number of hydrogen-bond acceptors (Lipinski definition) is 6. The van der Waals surface area contributed by atoms with Gasteiger partial charge in [0.25, 0.3) is 5.91 Å². The van der Waals surface area contributed by atoms with Gasteiger partial charge < -0.3 is 14.8 Å². The molecule has 7 heteroatoms. The van der Waals surface area contributed by atoms with Crippen molar-refractivity contribution >= 4 is 18.3 Å². The lowest BCUT2D eigenvalue weighted by atomic mass is 9.86. The normalized spacial score (nSPS) is 22.6. The number of benzene rings is 1. The van der Waals surface area contributed by atoms with Gasteiger partial charge in [-0.3, -0.25) is 4.79 Å². The van der Waals surface area contributed by atoms with E-state index in [4.69, 9.17) is 10.00 Å². The summed E-state index contributed by atoms with van der Waals surface area (Å²) in [4.78, 5) is 23.5. The standard InChI is InChI=1S/C26H28N4O3/c27-16-19-5-10-23(11-6-19)33-24-12-7-21(8-13-24)28-26(32)25-14-9-22(29-30-25)15-18-1-3-20(17-31)4-2-18/h5-6,9-11,14-15,17,20-21,24H,1-4,7-8,12-13H2,(H,28,32). The Morgan fingerprint density at radius 3 is 2.33 bits per heavy atom. The van der Waals surface area contributed by atoms with Gasteiger partial charge in [0.2, 0.25) is 0 Å². The van der Waals surface area contributed by atoms with E-state index in [1.54, 1.807) is 18.2 Å². The predicted octanol–water partition coefficient (Wildman–Crippen LogP) is 4.24. The first-order valence-electron chi connectivity index (χ1n) is 11.6. The van der Waals surface area contributed by atoms with E-state index in [2.05, 4.69) is 21.6 Å². The molecule has 4 rings (SSSR count). The number of hydrogen-bond donors (Lipinski definition) is 1. The van der Waals surface area contributed by atoms with Gasteiger partial charge in [-0.1, -0.05) is 5.57 Å². The lowest BCUT2D eigenvalue weighted by Crippen LogP contribution is -2.40. The number of rotatable bonds is 6. The maximum atomic E-state index is 12.6. The molecule has 33 heavy (non-hydrogen) atoms. The molecular formula is C26H28N4O3. The first kappa shape index (κ1) is 22.7. The third kappa shape index (κ3) is 6.26. The molecule has 0 spiro atoms. The molecule has 0 atom stereocenters. The minimum absolute atomic E-state index is 0.0925. The molecule has 0 aliphatic heterocycles. The Hall–Kier alpha value is -3.53. The molecule has 2 fully saturated rings. The minimum Gasteiger partial charge on any atom is -0.490 e. The van der Waals surface area contributed by atoms with Crippen molar-refractivity contribution in [2.75, 3.05) is 0 Å². The lowest BCUT2D eigenvalue weighted by Gasteiger charge is -2.29. The van der Waals surface area contributed by atoms with Gasteiger partial charge in [0.05, 0.1) is 23.4 Å². The quantitative estimate of drug-likeness (QED) is 0.668. The second-order valence-corrected chi connectivity index (χ2v) is 8.82. The highest BCUT2D eigenvalue weighted by Crippen LogP contribution is 2.28. The largest absolute Gasteiger partial charge is 0.490 e. The number of allylic oxidation sites excluding steroid dienone is 1. The zero-order valence-electron chi connectivity index (χ0n) is 18.6. The summed E-state index contributed by atoms with van der Waals surface area (Å²) in [5.41, 5.74) is 2.95. The second kappa shape index (κ2) is 10.9. The van der Waals surface area contributed by atoms with Crippen molar-refractivity contribution in [1.29, 1.82) is 5.26 Å². The number of carbonyl (C=O) groups is 2. The van der Waals surface area contributed by atoms with E-state index in [0.29, 0.717) is 11.3 Å². The summed E-state index contributed by atoms with van der Waals surface area (Å²) in [6.45, 7) is 0. The summed E-state index contributed by atoms with van der Waals surface area (Å²) in [6, 6.07) is 12.9. The Morgan fingerprint density at radius 2 is 1.73 bits per heavy atom. The highest BCUT2D eigenvalue weighted by atomic mass is 16.5. The van der Waals surface area contributed by atoms with Gasteiger partial charge in [-0.15, -0.1) is 5.10 Å². The van der Waals surface area contributed by atoms with Gasteiger partial charge in [-0.05, 0) is 93.8 Å². The summed E-state index contributed by atoms with van der Waals surface area (Å²) in [6.07, 6.45) is 10.2. The number of aromatic nitrogens is 2. The maximum Gasteiger partial charge on any atom is 0.272 e. The predicted molar refractivity (Wildman–Crippen MR) is 123 cm³/mol. The van der Waals surface area contributed by atoms with Crippen LogP contribution >= 0.6 is 0 Å². The molecule has 1 amide bonds. The van der Waals surface area contributed by atoms with E-state index in [1.165, 1.54) is 5.57 Å². The number of nitrogens with one attached hydrogen (secondary N) is 1. The molecule has 7 nitrogen and oxygen atoms in total. The lowest BCUT2D eigenvalue weighted by molar-refractivity contribution is -0.111. The monoisotopic (exact) mass is 444 g/mol. The SMILES string of the molecule is N#Cc1ccc(OC2CCC(NC(=O)c3ccc(C=C4CCC(C=O)CC4)nn3)CC2)cc1. The van der Waals surface area contributed by atoms with Gasteiger partial charge in [-0.2, -0.15) is 10.4 Å². The van der Waals surface area contributed by atoms with Crippen LogP contribution < -0.4 is 10.1 Å². The van der Waals surface area contributed by atoms with Crippen LogP contribution in [-0.4, -0.2) is 34.5 Å². The average molecular weight is 445 g/mol. The molecule has 2 aliphatic carbocycles. The third-order valence-electron chi connectivity index (χ3n) is 6.43. The topological polar surface area (TPSA) is 105 Å². The summed E-state index contributed by atoms with van der Waals surface area (Å²) in [5, 5.41) is 20.3. The minimum atomic E-state index is -0.204. The zero-order chi connectivity index (χ0) is 23.0. The number of nitrogens with zero attached hydrogens (tertiary/aromatic N) is 3. The van der Waals surface area contributed by atoms with Crippen LogP contribution in [0.3, 0.4) is 0 Å². The maximum absolute atomic E-state index is 12.6. The summed E-state index contributed by atoms with van der Waals surface area (Å²) < 4.78 is 6.01. The second-order valence-electron chi connectivity index (χ2n) is 8.82. The van der Waals surface area contributed by atoms with E-state index in [-0.39, 0.29) is 24.0 Å². The highest BCUT2D eigenvalue weighted by molar-refractivity contribution is 5.92. The van der Waals surface area contributed by atoms with Crippen molar-refractivity contribution in [2.24, 2.45) is 5.92 Å². The molecular weight excluding hydrogens is 416 g/mol. The van der Waals surface area contributed by atoms with Crippen molar-refractivity contribution < 1.29 is 14.3 Å². The fourth-order valence-electron chi connectivity index (χ4n) is 4.43. The van der Waals surface area contributed by atoms with Gasteiger partial charge >= 0.3 is 0 Å². The van der Waals surface area contributed by atoms with Crippen molar-refractivity contribution in [3.8, 4) is 11.8 Å². The molecule has 2 aliphatic rings. The van der Waals surface area contributed by atoms with Crippen LogP contribution in [0.2, 0.25) is 0 Å². The van der Waals surface area contributed by atoms with E-state index < -0.39 is 0 Å².